The molecule has 5 nitrogen and oxygen atoms in total. The number of piperidine rings is 1. The summed E-state index contributed by atoms with van der Waals surface area (Å²) < 4.78 is 26.9. The average Bonchev–Trinajstić information content (AvgIpc) is 3.22. The van der Waals surface area contributed by atoms with E-state index in [0.29, 0.717) is 45.4 Å². The number of hydrogen-bond donors (Lipinski definition) is 0. The van der Waals surface area contributed by atoms with Crippen molar-refractivity contribution >= 4 is 15.9 Å². The van der Waals surface area contributed by atoms with Gasteiger partial charge in [0.2, 0.25) is 15.9 Å². The quantitative estimate of drug-likeness (QED) is 0.717. The van der Waals surface area contributed by atoms with Crippen molar-refractivity contribution in [3.05, 3.63) is 48.0 Å². The first-order valence-corrected chi connectivity index (χ1v) is 11.0. The van der Waals surface area contributed by atoms with Crippen LogP contribution in [0.3, 0.4) is 0 Å². The van der Waals surface area contributed by atoms with Gasteiger partial charge in [-0.15, -0.1) is 0 Å². The van der Waals surface area contributed by atoms with Gasteiger partial charge in [-0.3, -0.25) is 4.79 Å². The Balaban J connectivity index is 1.43. The molecule has 0 spiro atoms. The van der Waals surface area contributed by atoms with Gasteiger partial charge in [0.1, 0.15) is 0 Å². The first-order valence-electron chi connectivity index (χ1n) is 9.53. The maximum atomic E-state index is 12.6. The molecule has 0 aromatic heterocycles. The first-order chi connectivity index (χ1) is 12.6. The number of benzene rings is 1. The summed E-state index contributed by atoms with van der Waals surface area (Å²) in [5.74, 6) is 0.0892. The molecular formula is C20H28N2O3S. The minimum absolute atomic E-state index is 0.0892. The fourth-order valence-corrected chi connectivity index (χ4v) is 5.70. The molecule has 2 aliphatic heterocycles. The number of allylic oxidation sites excluding steroid dienone is 1. The van der Waals surface area contributed by atoms with Crippen molar-refractivity contribution in [2.45, 2.75) is 43.8 Å². The molecule has 1 aromatic carbocycles. The summed E-state index contributed by atoms with van der Waals surface area (Å²) in [6, 6.07) is 10.1. The summed E-state index contributed by atoms with van der Waals surface area (Å²) in [7, 11) is -3.18. The topological polar surface area (TPSA) is 57.7 Å². The zero-order valence-corrected chi connectivity index (χ0v) is 16.0. The lowest BCUT2D eigenvalue weighted by atomic mass is 10.1. The summed E-state index contributed by atoms with van der Waals surface area (Å²) in [5, 5.41) is -0.321. The molecule has 1 amide bonds. The molecule has 0 saturated carbocycles. The molecule has 0 N–H and O–H groups in total. The molecule has 0 atom stereocenters. The Bertz CT molecular complexity index is 717. The fraction of sp³-hybridized carbons (Fsp3) is 0.550. The molecule has 3 rings (SSSR count). The van der Waals surface area contributed by atoms with E-state index in [1.54, 1.807) is 4.31 Å². The normalized spacial score (nSPS) is 20.1. The van der Waals surface area contributed by atoms with Crippen LogP contribution in [0.5, 0.6) is 0 Å². The first kappa shape index (κ1) is 19.1. The molecule has 2 aliphatic rings. The largest absolute Gasteiger partial charge is 0.342 e. The Kier molecular flexibility index (Phi) is 6.48. The van der Waals surface area contributed by atoms with Crippen molar-refractivity contribution < 1.29 is 13.2 Å². The smallest absolute Gasteiger partial charge is 0.226 e. The molecule has 0 bridgehead atoms. The molecule has 0 unspecified atom stereocenters. The molecule has 26 heavy (non-hydrogen) atoms. The molecule has 2 heterocycles. The third kappa shape index (κ3) is 4.74. The van der Waals surface area contributed by atoms with E-state index >= 15 is 0 Å². The van der Waals surface area contributed by atoms with E-state index in [0.717, 1.165) is 19.3 Å². The van der Waals surface area contributed by atoms with Crippen LogP contribution in [0, 0.1) is 0 Å². The van der Waals surface area contributed by atoms with E-state index < -0.39 is 10.0 Å². The highest BCUT2D eigenvalue weighted by Gasteiger charge is 2.36. The predicted octanol–water partition coefficient (Wildman–Crippen LogP) is 2.59. The lowest BCUT2D eigenvalue weighted by Gasteiger charge is -2.33. The molecule has 0 aliphatic carbocycles. The summed E-state index contributed by atoms with van der Waals surface area (Å²) in [6.07, 6.45) is 8.19. The van der Waals surface area contributed by atoms with Crippen LogP contribution < -0.4 is 0 Å². The monoisotopic (exact) mass is 376 g/mol. The van der Waals surface area contributed by atoms with Crippen molar-refractivity contribution in [1.82, 2.24) is 9.21 Å². The van der Waals surface area contributed by atoms with Gasteiger partial charge in [-0.2, -0.15) is 0 Å². The van der Waals surface area contributed by atoms with Crippen LogP contribution in [0.15, 0.2) is 42.5 Å². The van der Waals surface area contributed by atoms with E-state index in [9.17, 15) is 13.2 Å². The highest BCUT2D eigenvalue weighted by molar-refractivity contribution is 7.89. The Morgan fingerprint density at radius 3 is 2.31 bits per heavy atom. The van der Waals surface area contributed by atoms with Crippen LogP contribution in [-0.4, -0.2) is 55.0 Å². The highest BCUT2D eigenvalue weighted by atomic mass is 32.2. The molecular weight excluding hydrogens is 348 g/mol. The van der Waals surface area contributed by atoms with Crippen LogP contribution >= 0.6 is 0 Å². The number of nitrogens with zero attached hydrogens (tertiary/aromatic N) is 2. The van der Waals surface area contributed by atoms with Crippen molar-refractivity contribution in [2.24, 2.45) is 0 Å². The van der Waals surface area contributed by atoms with Crippen LogP contribution in [0.1, 0.15) is 37.7 Å². The Labute approximate surface area is 156 Å². The Hall–Kier alpha value is -1.66. The maximum absolute atomic E-state index is 12.6. The molecule has 2 fully saturated rings. The minimum atomic E-state index is -3.18. The lowest BCUT2D eigenvalue weighted by Crippen LogP contribution is -2.46. The molecule has 0 radical (unpaired) electrons. The second-order valence-corrected chi connectivity index (χ2v) is 9.31. The highest BCUT2D eigenvalue weighted by Crippen LogP contribution is 2.24. The van der Waals surface area contributed by atoms with Crippen molar-refractivity contribution in [2.75, 3.05) is 26.2 Å². The van der Waals surface area contributed by atoms with E-state index in [1.165, 1.54) is 5.56 Å². The van der Waals surface area contributed by atoms with Gasteiger partial charge in [-0.05, 0) is 37.7 Å². The molecule has 1 aromatic rings. The van der Waals surface area contributed by atoms with E-state index in [4.69, 9.17) is 0 Å². The zero-order valence-electron chi connectivity index (χ0n) is 15.2. The maximum Gasteiger partial charge on any atom is 0.226 e. The second kappa shape index (κ2) is 8.82. The van der Waals surface area contributed by atoms with Crippen molar-refractivity contribution in [1.29, 1.82) is 0 Å². The number of sulfonamides is 1. The SMILES string of the molecule is O=C(C/C=C/Cc1ccccc1)N1CCC(S(=O)(=O)N2CCCC2)CC1. The lowest BCUT2D eigenvalue weighted by molar-refractivity contribution is -0.131. The van der Waals surface area contributed by atoms with Crippen LogP contribution in [0.25, 0.3) is 0 Å². The standard InChI is InChI=1S/C20H28N2O3S/c23-20(11-5-4-10-18-8-2-1-3-9-18)21-16-12-19(13-17-21)26(24,25)22-14-6-7-15-22/h1-5,8-9,19H,6-7,10-17H2/b5-4+. The summed E-state index contributed by atoms with van der Waals surface area (Å²) in [4.78, 5) is 14.1. The summed E-state index contributed by atoms with van der Waals surface area (Å²) >= 11 is 0. The van der Waals surface area contributed by atoms with Gasteiger partial charge in [0.15, 0.2) is 0 Å². The van der Waals surface area contributed by atoms with Gasteiger partial charge in [-0.1, -0.05) is 42.5 Å². The Morgan fingerprint density at radius 1 is 1.00 bits per heavy atom. The van der Waals surface area contributed by atoms with E-state index in [-0.39, 0.29) is 11.2 Å². The number of carbonyl (C=O) groups excluding carboxylic acids is 1. The number of likely N-dealkylation sites (tertiary alicyclic amines) is 1. The predicted molar refractivity (Wildman–Crippen MR) is 103 cm³/mol. The van der Waals surface area contributed by atoms with Crippen LogP contribution in [-0.2, 0) is 21.2 Å². The molecule has 6 heteroatoms. The number of carbonyl (C=O) groups is 1. The van der Waals surface area contributed by atoms with Crippen LogP contribution in [0.2, 0.25) is 0 Å². The van der Waals surface area contributed by atoms with Gasteiger partial charge in [0, 0.05) is 32.6 Å². The fourth-order valence-electron chi connectivity index (χ4n) is 3.70. The third-order valence-electron chi connectivity index (χ3n) is 5.30. The third-order valence-corrected chi connectivity index (χ3v) is 7.70. The molecule has 2 saturated heterocycles. The molecule has 142 valence electrons. The van der Waals surface area contributed by atoms with Crippen LogP contribution in [0.4, 0.5) is 0 Å². The van der Waals surface area contributed by atoms with Gasteiger partial charge in [0.25, 0.3) is 0 Å². The van der Waals surface area contributed by atoms with Crippen molar-refractivity contribution in [3.8, 4) is 0 Å². The van der Waals surface area contributed by atoms with E-state index in [2.05, 4.69) is 12.1 Å². The number of hydrogen-bond acceptors (Lipinski definition) is 3. The van der Waals surface area contributed by atoms with Crippen molar-refractivity contribution in [3.63, 3.8) is 0 Å². The minimum Gasteiger partial charge on any atom is -0.342 e. The van der Waals surface area contributed by atoms with Gasteiger partial charge >= 0.3 is 0 Å². The zero-order chi connectivity index (χ0) is 18.4. The second-order valence-electron chi connectivity index (χ2n) is 7.10. The van der Waals surface area contributed by atoms with Gasteiger partial charge in [-0.25, -0.2) is 12.7 Å². The van der Waals surface area contributed by atoms with Gasteiger partial charge < -0.3 is 4.90 Å². The number of amides is 1. The average molecular weight is 377 g/mol. The number of rotatable bonds is 6. The van der Waals surface area contributed by atoms with Gasteiger partial charge in [0.05, 0.1) is 5.25 Å². The summed E-state index contributed by atoms with van der Waals surface area (Å²) in [5.41, 5.74) is 1.23. The Morgan fingerprint density at radius 2 is 1.65 bits per heavy atom. The van der Waals surface area contributed by atoms with E-state index in [1.807, 2.05) is 35.3 Å². The summed E-state index contributed by atoms with van der Waals surface area (Å²) in [6.45, 7) is 2.41.